The Morgan fingerprint density at radius 3 is 2.63 bits per heavy atom. The van der Waals surface area contributed by atoms with Gasteiger partial charge in [0.05, 0.1) is 19.2 Å². The molecular formula is C22H28N2O3. The van der Waals surface area contributed by atoms with Crippen molar-refractivity contribution in [2.75, 3.05) is 20.2 Å². The van der Waals surface area contributed by atoms with E-state index in [-0.39, 0.29) is 6.42 Å². The number of ether oxygens (including phenoxy) is 1. The summed E-state index contributed by atoms with van der Waals surface area (Å²) in [6, 6.07) is 8.00. The third-order valence-corrected chi connectivity index (χ3v) is 5.40. The number of carboxylic acid groups (broad SMARTS) is 1. The Hall–Kier alpha value is -2.40. The molecule has 1 saturated heterocycles. The zero-order chi connectivity index (χ0) is 19.4. The number of carboxylic acids is 1. The molecule has 0 spiro atoms. The lowest BCUT2D eigenvalue weighted by Gasteiger charge is -2.19. The maximum Gasteiger partial charge on any atom is 0.307 e. The number of hydrogen-bond acceptors (Lipinski definition) is 4. The monoisotopic (exact) mass is 368 g/mol. The third-order valence-electron chi connectivity index (χ3n) is 5.40. The summed E-state index contributed by atoms with van der Waals surface area (Å²) >= 11 is 0. The fourth-order valence-electron chi connectivity index (χ4n) is 3.97. The van der Waals surface area contributed by atoms with Crippen LogP contribution < -0.4 is 4.74 Å². The van der Waals surface area contributed by atoms with Crippen LogP contribution in [0.15, 0.2) is 30.5 Å². The van der Waals surface area contributed by atoms with E-state index in [2.05, 4.69) is 28.9 Å². The van der Waals surface area contributed by atoms with Gasteiger partial charge in [-0.25, -0.2) is 0 Å². The molecule has 0 saturated carbocycles. The first-order chi connectivity index (χ1) is 13.0. The quantitative estimate of drug-likeness (QED) is 0.812. The summed E-state index contributed by atoms with van der Waals surface area (Å²) in [6.45, 7) is 7.11. The first-order valence-electron chi connectivity index (χ1n) is 9.47. The maximum atomic E-state index is 10.8. The number of methoxy groups -OCH3 is 1. The molecule has 0 bridgehead atoms. The van der Waals surface area contributed by atoms with Crippen LogP contribution in [0.5, 0.6) is 5.75 Å². The van der Waals surface area contributed by atoms with Crippen molar-refractivity contribution in [1.82, 2.24) is 9.88 Å². The van der Waals surface area contributed by atoms with Gasteiger partial charge in [0.1, 0.15) is 5.75 Å². The van der Waals surface area contributed by atoms with Crippen molar-refractivity contribution in [2.45, 2.75) is 39.7 Å². The summed E-state index contributed by atoms with van der Waals surface area (Å²) in [5.41, 5.74) is 5.44. The van der Waals surface area contributed by atoms with Crippen molar-refractivity contribution < 1.29 is 14.6 Å². The molecule has 27 heavy (non-hydrogen) atoms. The van der Waals surface area contributed by atoms with E-state index in [0.717, 1.165) is 54.2 Å². The standard InChI is InChI=1S/C22H28N2O3/c1-15-12-23-20(16(2)22(15)27-3)14-24-9-8-19(13-24)10-17-4-6-18(7-5-17)11-21(25)26/h4-7,12,19H,8-11,13-14H2,1-3H3,(H,25,26). The van der Waals surface area contributed by atoms with Crippen molar-refractivity contribution in [1.29, 1.82) is 0 Å². The summed E-state index contributed by atoms with van der Waals surface area (Å²) in [5, 5.41) is 8.87. The van der Waals surface area contributed by atoms with Crippen LogP contribution in [0.3, 0.4) is 0 Å². The number of aromatic nitrogens is 1. The molecule has 1 N–H and O–H groups in total. The number of carbonyl (C=O) groups is 1. The molecule has 1 aromatic carbocycles. The fourth-order valence-corrected chi connectivity index (χ4v) is 3.97. The third kappa shape index (κ3) is 4.86. The van der Waals surface area contributed by atoms with Crippen LogP contribution in [0.4, 0.5) is 0 Å². The molecular weight excluding hydrogens is 340 g/mol. The number of benzene rings is 1. The summed E-state index contributed by atoms with van der Waals surface area (Å²) in [4.78, 5) is 17.9. The van der Waals surface area contributed by atoms with Crippen molar-refractivity contribution in [3.05, 3.63) is 58.4 Å². The first kappa shape index (κ1) is 19.4. The predicted octanol–water partition coefficient (Wildman–Crippen LogP) is 3.40. The highest BCUT2D eigenvalue weighted by molar-refractivity contribution is 5.70. The maximum absolute atomic E-state index is 10.8. The fraction of sp³-hybridized carbons (Fsp3) is 0.455. The number of likely N-dealkylation sites (tertiary alicyclic amines) is 1. The number of hydrogen-bond donors (Lipinski definition) is 1. The van der Waals surface area contributed by atoms with Crippen LogP contribution >= 0.6 is 0 Å². The number of rotatable bonds is 7. The van der Waals surface area contributed by atoms with E-state index in [4.69, 9.17) is 9.84 Å². The minimum absolute atomic E-state index is 0.0872. The molecule has 0 aliphatic carbocycles. The van der Waals surface area contributed by atoms with Gasteiger partial charge in [-0.2, -0.15) is 0 Å². The molecule has 5 heteroatoms. The molecule has 0 amide bonds. The van der Waals surface area contributed by atoms with Crippen LogP contribution in [0.25, 0.3) is 0 Å². The number of pyridine rings is 1. The Kier molecular flexibility index (Phi) is 6.11. The molecule has 1 atom stereocenters. The second kappa shape index (κ2) is 8.53. The highest BCUT2D eigenvalue weighted by atomic mass is 16.5. The van der Waals surface area contributed by atoms with Gasteiger partial charge in [0.2, 0.25) is 0 Å². The lowest BCUT2D eigenvalue weighted by Crippen LogP contribution is -2.22. The van der Waals surface area contributed by atoms with Gasteiger partial charge in [0, 0.05) is 30.4 Å². The van der Waals surface area contributed by atoms with E-state index in [9.17, 15) is 4.79 Å². The van der Waals surface area contributed by atoms with Crippen molar-refractivity contribution in [2.24, 2.45) is 5.92 Å². The van der Waals surface area contributed by atoms with E-state index in [1.54, 1.807) is 7.11 Å². The molecule has 1 aliphatic rings. The first-order valence-corrected chi connectivity index (χ1v) is 9.47. The van der Waals surface area contributed by atoms with Crippen LogP contribution in [0, 0.1) is 19.8 Å². The van der Waals surface area contributed by atoms with E-state index in [1.807, 2.05) is 25.3 Å². The zero-order valence-corrected chi connectivity index (χ0v) is 16.4. The molecule has 5 nitrogen and oxygen atoms in total. The lowest BCUT2D eigenvalue weighted by molar-refractivity contribution is -0.136. The van der Waals surface area contributed by atoms with Crippen LogP contribution in [0.1, 0.15) is 34.4 Å². The second-order valence-corrected chi connectivity index (χ2v) is 7.53. The molecule has 3 rings (SSSR count). The lowest BCUT2D eigenvalue weighted by atomic mass is 9.97. The Morgan fingerprint density at radius 2 is 1.96 bits per heavy atom. The van der Waals surface area contributed by atoms with Crippen molar-refractivity contribution in [3.8, 4) is 5.75 Å². The average molecular weight is 368 g/mol. The average Bonchev–Trinajstić information content (AvgIpc) is 3.06. The van der Waals surface area contributed by atoms with Gasteiger partial charge >= 0.3 is 5.97 Å². The van der Waals surface area contributed by atoms with Crippen LogP contribution in [-0.2, 0) is 24.2 Å². The summed E-state index contributed by atoms with van der Waals surface area (Å²) in [6.07, 6.45) is 4.20. The number of aryl methyl sites for hydroxylation is 1. The molecule has 1 aliphatic heterocycles. The normalized spacial score (nSPS) is 17.2. The molecule has 144 valence electrons. The minimum Gasteiger partial charge on any atom is -0.496 e. The van der Waals surface area contributed by atoms with Crippen molar-refractivity contribution >= 4 is 5.97 Å². The summed E-state index contributed by atoms with van der Waals surface area (Å²) in [5.74, 6) is 0.783. The molecule has 2 aromatic rings. The van der Waals surface area contributed by atoms with Gasteiger partial charge in [0.15, 0.2) is 0 Å². The smallest absolute Gasteiger partial charge is 0.307 e. The van der Waals surface area contributed by atoms with Crippen molar-refractivity contribution in [3.63, 3.8) is 0 Å². The SMILES string of the molecule is COc1c(C)cnc(CN2CCC(Cc3ccc(CC(=O)O)cc3)C2)c1C. The van der Waals surface area contributed by atoms with Gasteiger partial charge < -0.3 is 9.84 Å². The van der Waals surface area contributed by atoms with Gasteiger partial charge in [-0.05, 0) is 50.3 Å². The molecule has 1 unspecified atom stereocenters. The van der Waals surface area contributed by atoms with Gasteiger partial charge in [-0.1, -0.05) is 24.3 Å². The Bertz CT molecular complexity index is 802. The van der Waals surface area contributed by atoms with Crippen LogP contribution in [0.2, 0.25) is 0 Å². The van der Waals surface area contributed by atoms with E-state index >= 15 is 0 Å². The zero-order valence-electron chi connectivity index (χ0n) is 16.4. The Labute approximate surface area is 161 Å². The largest absolute Gasteiger partial charge is 0.496 e. The number of aliphatic carboxylic acids is 1. The highest BCUT2D eigenvalue weighted by Crippen LogP contribution is 2.27. The van der Waals surface area contributed by atoms with E-state index < -0.39 is 5.97 Å². The molecule has 0 radical (unpaired) electrons. The molecule has 1 aromatic heterocycles. The Morgan fingerprint density at radius 1 is 1.26 bits per heavy atom. The highest BCUT2D eigenvalue weighted by Gasteiger charge is 2.24. The Balaban J connectivity index is 1.57. The predicted molar refractivity (Wildman–Crippen MR) is 105 cm³/mol. The second-order valence-electron chi connectivity index (χ2n) is 7.53. The summed E-state index contributed by atoms with van der Waals surface area (Å²) < 4.78 is 5.52. The topological polar surface area (TPSA) is 62.7 Å². The molecule has 1 fully saturated rings. The van der Waals surface area contributed by atoms with Gasteiger partial charge in [-0.15, -0.1) is 0 Å². The molecule has 2 heterocycles. The van der Waals surface area contributed by atoms with Gasteiger partial charge in [0.25, 0.3) is 0 Å². The number of nitrogens with zero attached hydrogens (tertiary/aromatic N) is 2. The minimum atomic E-state index is -0.786. The van der Waals surface area contributed by atoms with E-state index in [0.29, 0.717) is 5.92 Å². The van der Waals surface area contributed by atoms with Crippen LogP contribution in [-0.4, -0.2) is 41.2 Å². The summed E-state index contributed by atoms with van der Waals surface area (Å²) in [7, 11) is 1.72. The van der Waals surface area contributed by atoms with Gasteiger partial charge in [-0.3, -0.25) is 14.7 Å². The van der Waals surface area contributed by atoms with E-state index in [1.165, 1.54) is 12.0 Å².